The van der Waals surface area contributed by atoms with Crippen LogP contribution >= 0.6 is 11.6 Å². The fourth-order valence-electron chi connectivity index (χ4n) is 3.94. The summed E-state index contributed by atoms with van der Waals surface area (Å²) in [5.41, 5.74) is 3.01. The number of amides is 2. The minimum absolute atomic E-state index is 0.0605. The third-order valence-electron chi connectivity index (χ3n) is 5.85. The summed E-state index contributed by atoms with van der Waals surface area (Å²) in [4.78, 5) is 28.6. The SMILES string of the molecule is CC(C)NC(=O)C(Cc1ccccc1)N(Cc1cccc(Cl)c1)C(=O)COc1ccc(C(C)C)cc1. The highest BCUT2D eigenvalue weighted by Gasteiger charge is 2.31. The van der Waals surface area contributed by atoms with Crippen molar-refractivity contribution in [3.63, 3.8) is 0 Å². The number of nitrogens with zero attached hydrogens (tertiary/aromatic N) is 1. The maximum atomic E-state index is 13.6. The van der Waals surface area contributed by atoms with E-state index < -0.39 is 6.04 Å². The minimum atomic E-state index is -0.715. The summed E-state index contributed by atoms with van der Waals surface area (Å²) in [6.07, 6.45) is 0.384. The molecule has 0 heterocycles. The maximum Gasteiger partial charge on any atom is 0.261 e. The zero-order chi connectivity index (χ0) is 26.1. The van der Waals surface area contributed by atoms with Crippen LogP contribution in [0.1, 0.15) is 50.3 Å². The van der Waals surface area contributed by atoms with Gasteiger partial charge in [-0.25, -0.2) is 0 Å². The molecule has 1 atom stereocenters. The molecule has 1 N–H and O–H groups in total. The van der Waals surface area contributed by atoms with Gasteiger partial charge < -0.3 is 15.0 Å². The number of ether oxygens (including phenoxy) is 1. The molecule has 0 aromatic heterocycles. The molecule has 0 aliphatic carbocycles. The van der Waals surface area contributed by atoms with Gasteiger partial charge in [-0.1, -0.05) is 80.0 Å². The first-order valence-corrected chi connectivity index (χ1v) is 12.7. The predicted octanol–water partition coefficient (Wildman–Crippen LogP) is 6.01. The van der Waals surface area contributed by atoms with E-state index in [4.69, 9.17) is 16.3 Å². The Labute approximate surface area is 219 Å². The van der Waals surface area contributed by atoms with Crippen molar-refractivity contribution in [1.29, 1.82) is 0 Å². The van der Waals surface area contributed by atoms with E-state index in [0.29, 0.717) is 23.1 Å². The second-order valence-corrected chi connectivity index (χ2v) is 9.97. The lowest BCUT2D eigenvalue weighted by molar-refractivity contribution is -0.143. The first kappa shape index (κ1) is 27.3. The molecular weight excluding hydrogens is 472 g/mol. The molecular formula is C30H35ClN2O3. The van der Waals surface area contributed by atoms with Crippen LogP contribution < -0.4 is 10.1 Å². The van der Waals surface area contributed by atoms with Gasteiger partial charge in [-0.15, -0.1) is 0 Å². The molecule has 0 spiro atoms. The van der Waals surface area contributed by atoms with Gasteiger partial charge in [0, 0.05) is 24.0 Å². The highest BCUT2D eigenvalue weighted by atomic mass is 35.5. The Kier molecular flexibility index (Phi) is 9.95. The van der Waals surface area contributed by atoms with Crippen LogP contribution in [0.5, 0.6) is 5.75 Å². The standard InChI is InChI=1S/C30H35ClN2O3/c1-21(2)25-13-15-27(16-14-25)36-20-29(34)33(19-24-11-8-12-26(31)17-24)28(30(35)32-22(3)4)18-23-9-6-5-7-10-23/h5-17,21-22,28H,18-20H2,1-4H3,(H,32,35). The Balaban J connectivity index is 1.88. The number of hydrogen-bond donors (Lipinski definition) is 1. The van der Waals surface area contributed by atoms with E-state index in [1.807, 2.05) is 86.6 Å². The number of carbonyl (C=O) groups excluding carboxylic acids is 2. The second-order valence-electron chi connectivity index (χ2n) is 9.53. The number of carbonyl (C=O) groups is 2. The third-order valence-corrected chi connectivity index (χ3v) is 6.09. The van der Waals surface area contributed by atoms with Gasteiger partial charge in [-0.3, -0.25) is 9.59 Å². The maximum absolute atomic E-state index is 13.6. The molecule has 5 nitrogen and oxygen atoms in total. The van der Waals surface area contributed by atoms with Crippen molar-refractivity contribution in [2.75, 3.05) is 6.61 Å². The van der Waals surface area contributed by atoms with E-state index in [-0.39, 0.29) is 31.0 Å². The summed E-state index contributed by atoms with van der Waals surface area (Å²) in [7, 11) is 0. The second kappa shape index (κ2) is 13.1. The lowest BCUT2D eigenvalue weighted by Crippen LogP contribution is -2.52. The Morgan fingerprint density at radius 1 is 0.889 bits per heavy atom. The topological polar surface area (TPSA) is 58.6 Å². The first-order valence-electron chi connectivity index (χ1n) is 12.3. The molecule has 0 bridgehead atoms. The predicted molar refractivity (Wildman–Crippen MR) is 145 cm³/mol. The van der Waals surface area contributed by atoms with Crippen LogP contribution in [0.3, 0.4) is 0 Å². The summed E-state index contributed by atoms with van der Waals surface area (Å²) in [5.74, 6) is 0.544. The zero-order valence-electron chi connectivity index (χ0n) is 21.4. The lowest BCUT2D eigenvalue weighted by atomic mass is 10.0. The van der Waals surface area contributed by atoms with E-state index >= 15 is 0 Å². The van der Waals surface area contributed by atoms with Gasteiger partial charge in [0.25, 0.3) is 5.91 Å². The number of halogens is 1. The number of hydrogen-bond acceptors (Lipinski definition) is 3. The van der Waals surface area contributed by atoms with Gasteiger partial charge in [0.15, 0.2) is 6.61 Å². The molecule has 36 heavy (non-hydrogen) atoms. The summed E-state index contributed by atoms with van der Waals surface area (Å²) < 4.78 is 5.86. The van der Waals surface area contributed by atoms with E-state index in [1.165, 1.54) is 5.56 Å². The Bertz CT molecular complexity index is 1130. The third kappa shape index (κ3) is 8.13. The highest BCUT2D eigenvalue weighted by molar-refractivity contribution is 6.30. The molecule has 1 unspecified atom stereocenters. The average molecular weight is 507 g/mol. The Morgan fingerprint density at radius 2 is 1.56 bits per heavy atom. The minimum Gasteiger partial charge on any atom is -0.484 e. The van der Waals surface area contributed by atoms with Gasteiger partial charge in [-0.2, -0.15) is 0 Å². The Morgan fingerprint density at radius 3 is 2.17 bits per heavy atom. The highest BCUT2D eigenvalue weighted by Crippen LogP contribution is 2.20. The fourth-order valence-corrected chi connectivity index (χ4v) is 4.16. The van der Waals surface area contributed by atoms with Crippen LogP contribution in [0.25, 0.3) is 0 Å². The van der Waals surface area contributed by atoms with Gasteiger partial charge >= 0.3 is 0 Å². The van der Waals surface area contributed by atoms with Crippen LogP contribution in [0.15, 0.2) is 78.9 Å². The van der Waals surface area contributed by atoms with Gasteiger partial charge in [-0.05, 0) is 60.7 Å². The van der Waals surface area contributed by atoms with Gasteiger partial charge in [0.1, 0.15) is 11.8 Å². The van der Waals surface area contributed by atoms with E-state index in [9.17, 15) is 9.59 Å². The molecule has 0 fully saturated rings. The molecule has 0 aliphatic heterocycles. The molecule has 3 aromatic carbocycles. The van der Waals surface area contributed by atoms with Crippen molar-refractivity contribution < 1.29 is 14.3 Å². The van der Waals surface area contributed by atoms with Crippen LogP contribution in [-0.2, 0) is 22.6 Å². The van der Waals surface area contributed by atoms with Gasteiger partial charge in [0.2, 0.25) is 5.91 Å². The van der Waals surface area contributed by atoms with Crippen molar-refractivity contribution in [2.45, 2.75) is 58.7 Å². The molecule has 6 heteroatoms. The molecule has 0 radical (unpaired) electrons. The van der Waals surface area contributed by atoms with Crippen molar-refractivity contribution in [3.05, 3.63) is 101 Å². The van der Waals surface area contributed by atoms with Crippen molar-refractivity contribution >= 4 is 23.4 Å². The largest absolute Gasteiger partial charge is 0.484 e. The van der Waals surface area contributed by atoms with Crippen LogP contribution in [0, 0.1) is 0 Å². The molecule has 3 aromatic rings. The quantitative estimate of drug-likeness (QED) is 0.346. The summed E-state index contributed by atoms with van der Waals surface area (Å²) in [6, 6.07) is 24.0. The van der Waals surface area contributed by atoms with Gasteiger partial charge in [0.05, 0.1) is 0 Å². The fraction of sp³-hybridized carbons (Fsp3) is 0.333. The molecule has 2 amide bonds. The molecule has 190 valence electrons. The molecule has 0 saturated carbocycles. The van der Waals surface area contributed by atoms with Crippen molar-refractivity contribution in [3.8, 4) is 5.75 Å². The monoisotopic (exact) mass is 506 g/mol. The van der Waals surface area contributed by atoms with Crippen molar-refractivity contribution in [2.24, 2.45) is 0 Å². The number of benzene rings is 3. The average Bonchev–Trinajstić information content (AvgIpc) is 2.85. The van der Waals surface area contributed by atoms with Crippen LogP contribution in [0.4, 0.5) is 0 Å². The Hall–Kier alpha value is -3.31. The lowest BCUT2D eigenvalue weighted by Gasteiger charge is -2.32. The summed E-state index contributed by atoms with van der Waals surface area (Å²) >= 11 is 6.22. The summed E-state index contributed by atoms with van der Waals surface area (Å²) in [6.45, 7) is 8.12. The van der Waals surface area contributed by atoms with E-state index in [0.717, 1.165) is 11.1 Å². The number of nitrogens with one attached hydrogen (secondary N) is 1. The number of rotatable bonds is 11. The van der Waals surface area contributed by atoms with E-state index in [2.05, 4.69) is 19.2 Å². The summed E-state index contributed by atoms with van der Waals surface area (Å²) in [5, 5.41) is 3.56. The molecule has 0 saturated heterocycles. The van der Waals surface area contributed by atoms with Crippen LogP contribution in [0.2, 0.25) is 5.02 Å². The normalized spacial score (nSPS) is 11.9. The zero-order valence-corrected chi connectivity index (χ0v) is 22.2. The van der Waals surface area contributed by atoms with Crippen LogP contribution in [-0.4, -0.2) is 35.4 Å². The van der Waals surface area contributed by atoms with Crippen molar-refractivity contribution in [1.82, 2.24) is 10.2 Å². The smallest absolute Gasteiger partial charge is 0.261 e. The first-order chi connectivity index (χ1) is 17.2. The van der Waals surface area contributed by atoms with E-state index in [1.54, 1.807) is 11.0 Å². The molecule has 3 rings (SSSR count). The molecule has 0 aliphatic rings.